The number of ether oxygens (including phenoxy) is 2. The Hall–Kier alpha value is -5.43. The number of hydrogen-bond acceptors (Lipinski definition) is 8. The van der Waals surface area contributed by atoms with Gasteiger partial charge in [-0.25, -0.2) is 4.79 Å². The molecule has 3 heterocycles. The van der Waals surface area contributed by atoms with Gasteiger partial charge in [-0.15, -0.1) is 0 Å². The summed E-state index contributed by atoms with van der Waals surface area (Å²) in [4.78, 5) is 71.8. The van der Waals surface area contributed by atoms with Gasteiger partial charge in [0.1, 0.15) is 18.1 Å². The minimum atomic E-state index is -0.803. The van der Waals surface area contributed by atoms with E-state index < -0.39 is 24.2 Å². The number of nitrogens with one attached hydrogen (secondary N) is 3. The molecule has 3 fully saturated rings. The molecule has 5 amide bonds. The van der Waals surface area contributed by atoms with E-state index in [4.69, 9.17) is 9.47 Å². The molecule has 3 aromatic carbocycles. The van der Waals surface area contributed by atoms with Crippen molar-refractivity contribution in [2.24, 2.45) is 11.8 Å². The fraction of sp³-hybridized carbons (Fsp3) is 0.531. The number of amides is 5. The normalized spacial score (nSPS) is 21.7. The van der Waals surface area contributed by atoms with Crippen LogP contribution in [-0.4, -0.2) is 91.1 Å². The van der Waals surface area contributed by atoms with Crippen LogP contribution in [0.1, 0.15) is 116 Å². The lowest BCUT2D eigenvalue weighted by atomic mass is 9.87. The van der Waals surface area contributed by atoms with Crippen molar-refractivity contribution in [2.45, 2.75) is 129 Å². The van der Waals surface area contributed by atoms with E-state index in [1.807, 2.05) is 52.0 Å². The number of carbonyl (C=O) groups excluding carboxylic acids is 5. The highest BCUT2D eigenvalue weighted by atomic mass is 16.5. The molecule has 3 aliphatic rings. The summed E-state index contributed by atoms with van der Waals surface area (Å²) in [6.45, 7) is 15.0. The maximum absolute atomic E-state index is 13.7. The number of methoxy groups -OCH3 is 2. The molecule has 0 radical (unpaired) electrons. The average molecular weight is 851 g/mol. The van der Waals surface area contributed by atoms with Gasteiger partial charge < -0.3 is 40.1 Å². The van der Waals surface area contributed by atoms with Gasteiger partial charge in [-0.05, 0) is 110 Å². The van der Waals surface area contributed by atoms with E-state index in [0.717, 1.165) is 36.1 Å². The average Bonchev–Trinajstić information content (AvgIpc) is 4.06. The van der Waals surface area contributed by atoms with E-state index in [2.05, 4.69) is 90.2 Å². The first-order valence-electron chi connectivity index (χ1n) is 22.2. The predicted octanol–water partition coefficient (Wildman–Crippen LogP) is 7.98. The topological polar surface area (TPSA) is 150 Å². The summed E-state index contributed by atoms with van der Waals surface area (Å²) in [6, 6.07) is 23.0. The van der Waals surface area contributed by atoms with Crippen molar-refractivity contribution in [3.63, 3.8) is 0 Å². The maximum atomic E-state index is 13.7. The lowest BCUT2D eigenvalue weighted by molar-refractivity contribution is -0.143. The zero-order valence-electron chi connectivity index (χ0n) is 37.9. The van der Waals surface area contributed by atoms with Gasteiger partial charge in [0.15, 0.2) is 0 Å². The summed E-state index contributed by atoms with van der Waals surface area (Å²) in [5, 5.41) is 8.77. The molecule has 7 atom stereocenters. The van der Waals surface area contributed by atoms with Crippen molar-refractivity contribution < 1.29 is 33.4 Å². The van der Waals surface area contributed by atoms with Gasteiger partial charge in [0, 0.05) is 37.3 Å². The molecule has 6 rings (SSSR count). The summed E-state index contributed by atoms with van der Waals surface area (Å²) in [5.74, 6) is -1.33. The summed E-state index contributed by atoms with van der Waals surface area (Å²) >= 11 is 0. The summed E-state index contributed by atoms with van der Waals surface area (Å²) in [6.07, 6.45) is 3.51. The highest BCUT2D eigenvalue weighted by Crippen LogP contribution is 2.47. The molecule has 0 spiro atoms. The monoisotopic (exact) mass is 850 g/mol. The van der Waals surface area contributed by atoms with Gasteiger partial charge in [-0.2, -0.15) is 0 Å². The summed E-state index contributed by atoms with van der Waals surface area (Å²) < 4.78 is 10.1. The number of anilines is 3. The largest absolute Gasteiger partial charge is 0.453 e. The van der Waals surface area contributed by atoms with Crippen molar-refractivity contribution in [1.29, 1.82) is 0 Å². The highest BCUT2D eigenvalue weighted by molar-refractivity contribution is 5.99. The number of likely N-dealkylation sites (tertiary alicyclic amines) is 2. The van der Waals surface area contributed by atoms with Crippen molar-refractivity contribution in [2.75, 3.05) is 42.8 Å². The van der Waals surface area contributed by atoms with Gasteiger partial charge >= 0.3 is 6.09 Å². The van der Waals surface area contributed by atoms with Gasteiger partial charge in [0.25, 0.3) is 0 Å². The molecule has 3 aromatic rings. The Labute approximate surface area is 367 Å². The van der Waals surface area contributed by atoms with Crippen LogP contribution in [0.25, 0.3) is 0 Å². The van der Waals surface area contributed by atoms with Crippen LogP contribution in [0.2, 0.25) is 0 Å². The van der Waals surface area contributed by atoms with Crippen LogP contribution < -0.4 is 20.9 Å². The quantitative estimate of drug-likeness (QED) is 0.157. The number of alkyl carbamates (subject to hydrolysis) is 1. The van der Waals surface area contributed by atoms with E-state index in [-0.39, 0.29) is 59.1 Å². The Morgan fingerprint density at radius 3 is 1.53 bits per heavy atom. The first-order valence-corrected chi connectivity index (χ1v) is 22.2. The summed E-state index contributed by atoms with van der Waals surface area (Å²) in [7, 11) is 2.85. The molecule has 3 N–H and O–H groups in total. The molecule has 62 heavy (non-hydrogen) atoms. The van der Waals surface area contributed by atoms with Gasteiger partial charge in [0.2, 0.25) is 23.6 Å². The van der Waals surface area contributed by atoms with Crippen LogP contribution in [0.3, 0.4) is 0 Å². The second-order valence-electron chi connectivity index (χ2n) is 18.5. The third-order valence-corrected chi connectivity index (χ3v) is 13.1. The minimum absolute atomic E-state index is 0.00514. The molecule has 3 aliphatic heterocycles. The fourth-order valence-corrected chi connectivity index (χ4v) is 9.14. The molecule has 13 heteroatoms. The smallest absolute Gasteiger partial charge is 0.407 e. The van der Waals surface area contributed by atoms with Crippen LogP contribution in [-0.2, 0) is 34.1 Å². The van der Waals surface area contributed by atoms with Crippen molar-refractivity contribution in [1.82, 2.24) is 15.1 Å². The SMILES string of the molecule is COC(=O)NC(C(=O)N1CCCC1C(=O)Nc1ccc([C@@H]2CCC(c3ccc(NC(=O)[C@@H]4CCCN4C(=O)C(C)[C@@H](C)OC)cc3)N2c2ccc(C(C)(C)C)cc2)cc1)C(C)C. The highest BCUT2D eigenvalue weighted by Gasteiger charge is 2.40. The molecule has 4 unspecified atom stereocenters. The van der Waals surface area contributed by atoms with Crippen LogP contribution in [0.15, 0.2) is 72.8 Å². The van der Waals surface area contributed by atoms with E-state index in [1.54, 1.807) is 16.9 Å². The Kier molecular flexibility index (Phi) is 14.7. The maximum Gasteiger partial charge on any atom is 0.407 e. The van der Waals surface area contributed by atoms with E-state index in [1.165, 1.54) is 12.7 Å². The first-order chi connectivity index (χ1) is 29.5. The van der Waals surface area contributed by atoms with Crippen LogP contribution >= 0.6 is 0 Å². The molecule has 334 valence electrons. The number of nitrogens with zero attached hydrogens (tertiary/aromatic N) is 3. The second-order valence-corrected chi connectivity index (χ2v) is 18.5. The van der Waals surface area contributed by atoms with Crippen LogP contribution in [0, 0.1) is 11.8 Å². The number of hydrogen-bond donors (Lipinski definition) is 3. The van der Waals surface area contributed by atoms with E-state index in [0.29, 0.717) is 43.7 Å². The van der Waals surface area contributed by atoms with Crippen LogP contribution in [0.5, 0.6) is 0 Å². The standard InChI is InChI=1S/C49H66N6O7/c1-30(2)43(52-48(60)62-9)47(59)54-29-11-13-42(54)45(57)51-37-22-16-34(17-23-37)40-27-26-39(55(40)38-24-18-35(19-25-38)49(5,6)7)33-14-20-36(21-15-33)50-44(56)41-12-10-28-53(41)46(58)31(3)32(4)61-8/h14-25,30-32,39-43H,10-13,26-29H2,1-9H3,(H,50,56)(H,51,57)(H,52,60)/t31?,32-,39?,40+,41+,42?,43?/m1/s1. The van der Waals surface area contributed by atoms with E-state index >= 15 is 0 Å². The zero-order valence-corrected chi connectivity index (χ0v) is 37.9. The third kappa shape index (κ3) is 10.3. The Balaban J connectivity index is 1.17. The molecular formula is C49H66N6O7. The molecule has 0 saturated carbocycles. The Morgan fingerprint density at radius 1 is 0.645 bits per heavy atom. The molecule has 0 aromatic heterocycles. The second kappa shape index (κ2) is 19.7. The lowest BCUT2D eigenvalue weighted by Gasteiger charge is -2.34. The number of benzene rings is 3. The van der Waals surface area contributed by atoms with Crippen molar-refractivity contribution in [3.05, 3.63) is 89.5 Å². The molecular weight excluding hydrogens is 785 g/mol. The zero-order chi connectivity index (χ0) is 44.9. The number of rotatable bonds is 13. The molecule has 13 nitrogen and oxygen atoms in total. The van der Waals surface area contributed by atoms with Crippen molar-refractivity contribution >= 4 is 46.8 Å². The van der Waals surface area contributed by atoms with Gasteiger partial charge in [-0.3, -0.25) is 19.2 Å². The van der Waals surface area contributed by atoms with E-state index in [9.17, 15) is 24.0 Å². The Bertz CT molecular complexity index is 2050. The summed E-state index contributed by atoms with van der Waals surface area (Å²) in [5.41, 5.74) is 5.94. The number of carbonyl (C=O) groups is 5. The fourth-order valence-electron chi connectivity index (χ4n) is 9.14. The molecule has 3 saturated heterocycles. The molecule has 0 bridgehead atoms. The lowest BCUT2D eigenvalue weighted by Crippen LogP contribution is -2.54. The molecule has 0 aliphatic carbocycles. The van der Waals surface area contributed by atoms with Gasteiger partial charge in [0.05, 0.1) is 31.2 Å². The van der Waals surface area contributed by atoms with Gasteiger partial charge in [-0.1, -0.05) is 77.9 Å². The van der Waals surface area contributed by atoms with Crippen LogP contribution in [0.4, 0.5) is 21.9 Å². The van der Waals surface area contributed by atoms with Crippen molar-refractivity contribution in [3.8, 4) is 0 Å². The Morgan fingerprint density at radius 2 is 1.11 bits per heavy atom. The first kappa shape index (κ1) is 46.1. The minimum Gasteiger partial charge on any atom is -0.453 e. The third-order valence-electron chi connectivity index (χ3n) is 13.1. The predicted molar refractivity (Wildman–Crippen MR) is 242 cm³/mol.